The fraction of sp³-hybridized carbons (Fsp3) is 0.500. The second-order valence-corrected chi connectivity index (χ2v) is 5.61. The molecule has 0 saturated carbocycles. The van der Waals surface area contributed by atoms with Gasteiger partial charge in [-0.1, -0.05) is 18.2 Å². The van der Waals surface area contributed by atoms with E-state index in [0.717, 1.165) is 11.3 Å². The number of carbonyl (C=O) groups excluding carboxylic acids is 2. The van der Waals surface area contributed by atoms with E-state index >= 15 is 0 Å². The summed E-state index contributed by atoms with van der Waals surface area (Å²) in [6.45, 7) is 4.45. The van der Waals surface area contributed by atoms with Gasteiger partial charge in [-0.2, -0.15) is 0 Å². The van der Waals surface area contributed by atoms with E-state index in [0.29, 0.717) is 32.7 Å². The molecular formula is C16H23N3O3. The molecule has 6 nitrogen and oxygen atoms in total. The lowest BCUT2D eigenvalue weighted by Crippen LogP contribution is -2.39. The number of para-hydroxylation sites is 1. The predicted octanol–water partition coefficient (Wildman–Crippen LogP) is 0.461. The Bertz CT molecular complexity index is 547. The van der Waals surface area contributed by atoms with Gasteiger partial charge in [0.15, 0.2) is 0 Å². The van der Waals surface area contributed by atoms with Crippen LogP contribution in [0.3, 0.4) is 0 Å². The van der Waals surface area contributed by atoms with Crippen molar-refractivity contribution in [2.24, 2.45) is 11.7 Å². The fourth-order valence-corrected chi connectivity index (χ4v) is 2.76. The highest BCUT2D eigenvalue weighted by atomic mass is 16.5. The summed E-state index contributed by atoms with van der Waals surface area (Å²) in [5.41, 5.74) is 6.54. The van der Waals surface area contributed by atoms with Gasteiger partial charge in [0, 0.05) is 45.2 Å². The highest BCUT2D eigenvalue weighted by Gasteiger charge is 2.27. The van der Waals surface area contributed by atoms with Crippen LogP contribution < -0.4 is 10.5 Å². The summed E-state index contributed by atoms with van der Waals surface area (Å²) < 4.78 is 5.37. The number of primary amides is 1. The Balaban J connectivity index is 2.13. The van der Waals surface area contributed by atoms with Gasteiger partial charge in [-0.3, -0.25) is 14.5 Å². The van der Waals surface area contributed by atoms with Crippen molar-refractivity contribution >= 4 is 11.8 Å². The minimum absolute atomic E-state index is 0.0228. The van der Waals surface area contributed by atoms with Crippen LogP contribution in [0, 0.1) is 5.92 Å². The van der Waals surface area contributed by atoms with Gasteiger partial charge < -0.3 is 15.4 Å². The van der Waals surface area contributed by atoms with Crippen molar-refractivity contribution in [3.8, 4) is 5.75 Å². The third kappa shape index (κ3) is 3.98. The zero-order valence-electron chi connectivity index (χ0n) is 13.1. The van der Waals surface area contributed by atoms with Crippen LogP contribution in [0.5, 0.6) is 5.75 Å². The van der Waals surface area contributed by atoms with Crippen LogP contribution in [0.1, 0.15) is 12.5 Å². The number of amides is 2. The molecule has 2 N–H and O–H groups in total. The highest BCUT2D eigenvalue weighted by Crippen LogP contribution is 2.21. The molecule has 0 unspecified atom stereocenters. The van der Waals surface area contributed by atoms with Crippen molar-refractivity contribution in [3.05, 3.63) is 29.8 Å². The van der Waals surface area contributed by atoms with Crippen LogP contribution in [0.25, 0.3) is 0 Å². The summed E-state index contributed by atoms with van der Waals surface area (Å²) in [6, 6.07) is 7.81. The van der Waals surface area contributed by atoms with E-state index in [-0.39, 0.29) is 17.7 Å². The lowest BCUT2D eigenvalue weighted by molar-refractivity contribution is -0.130. The first-order valence-corrected chi connectivity index (χ1v) is 7.40. The first-order chi connectivity index (χ1) is 10.5. The van der Waals surface area contributed by atoms with Gasteiger partial charge in [0.1, 0.15) is 5.75 Å². The molecule has 1 fully saturated rings. The lowest BCUT2D eigenvalue weighted by atomic mass is 10.1. The van der Waals surface area contributed by atoms with Crippen molar-refractivity contribution < 1.29 is 14.3 Å². The van der Waals surface area contributed by atoms with E-state index < -0.39 is 0 Å². The molecular weight excluding hydrogens is 282 g/mol. The van der Waals surface area contributed by atoms with Gasteiger partial charge in [-0.05, 0) is 6.07 Å². The van der Waals surface area contributed by atoms with Crippen LogP contribution in [0.15, 0.2) is 24.3 Å². The van der Waals surface area contributed by atoms with E-state index in [1.165, 1.54) is 6.92 Å². The van der Waals surface area contributed by atoms with Gasteiger partial charge in [-0.15, -0.1) is 0 Å². The molecule has 1 aliphatic rings. The standard InChI is InChI=1S/C16H23N3O3/c1-12(20)19-8-7-18(10-14(11-19)16(17)21)9-13-5-3-4-6-15(13)22-2/h3-6,14H,7-11H2,1-2H3,(H2,17,21)/t14-/m1/s1. The molecule has 2 rings (SSSR count). The van der Waals surface area contributed by atoms with Crippen molar-refractivity contribution in [2.45, 2.75) is 13.5 Å². The SMILES string of the molecule is COc1ccccc1CN1CCN(C(C)=O)C[C@H](C(N)=O)C1. The number of nitrogens with zero attached hydrogens (tertiary/aromatic N) is 2. The third-order valence-corrected chi connectivity index (χ3v) is 4.04. The van der Waals surface area contributed by atoms with E-state index in [2.05, 4.69) is 4.90 Å². The van der Waals surface area contributed by atoms with Crippen LogP contribution in [-0.2, 0) is 16.1 Å². The number of hydrogen-bond donors (Lipinski definition) is 1. The molecule has 1 heterocycles. The van der Waals surface area contributed by atoms with Gasteiger partial charge in [-0.25, -0.2) is 0 Å². The average Bonchev–Trinajstić information content (AvgIpc) is 2.71. The molecule has 0 aliphatic carbocycles. The Morgan fingerprint density at radius 1 is 1.27 bits per heavy atom. The molecule has 1 aliphatic heterocycles. The molecule has 0 bridgehead atoms. The second-order valence-electron chi connectivity index (χ2n) is 5.61. The Labute approximate surface area is 130 Å². The van der Waals surface area contributed by atoms with Crippen LogP contribution >= 0.6 is 0 Å². The summed E-state index contributed by atoms with van der Waals surface area (Å²) in [5, 5.41) is 0. The molecule has 0 spiro atoms. The Morgan fingerprint density at radius 3 is 2.64 bits per heavy atom. The molecule has 1 saturated heterocycles. The summed E-state index contributed by atoms with van der Waals surface area (Å²) in [7, 11) is 1.64. The van der Waals surface area contributed by atoms with Crippen LogP contribution in [-0.4, -0.2) is 54.9 Å². The monoisotopic (exact) mass is 305 g/mol. The van der Waals surface area contributed by atoms with Crippen molar-refractivity contribution in [1.82, 2.24) is 9.80 Å². The molecule has 2 amide bonds. The molecule has 0 aromatic heterocycles. The predicted molar refractivity (Wildman–Crippen MR) is 83.2 cm³/mol. The molecule has 1 aromatic rings. The van der Waals surface area contributed by atoms with E-state index in [9.17, 15) is 9.59 Å². The fourth-order valence-electron chi connectivity index (χ4n) is 2.76. The van der Waals surface area contributed by atoms with Gasteiger partial charge in [0.2, 0.25) is 11.8 Å². The number of carbonyl (C=O) groups is 2. The maximum atomic E-state index is 11.6. The topological polar surface area (TPSA) is 75.9 Å². The first kappa shape index (κ1) is 16.3. The number of benzene rings is 1. The number of ether oxygens (including phenoxy) is 1. The minimum atomic E-state index is -0.363. The van der Waals surface area contributed by atoms with E-state index in [1.807, 2.05) is 24.3 Å². The average molecular weight is 305 g/mol. The minimum Gasteiger partial charge on any atom is -0.496 e. The molecule has 120 valence electrons. The van der Waals surface area contributed by atoms with Gasteiger partial charge >= 0.3 is 0 Å². The van der Waals surface area contributed by atoms with Crippen LogP contribution in [0.4, 0.5) is 0 Å². The Kier molecular flexibility index (Phi) is 5.38. The third-order valence-electron chi connectivity index (χ3n) is 4.04. The Morgan fingerprint density at radius 2 is 2.00 bits per heavy atom. The zero-order valence-corrected chi connectivity index (χ0v) is 13.1. The molecule has 6 heteroatoms. The summed E-state index contributed by atoms with van der Waals surface area (Å²) >= 11 is 0. The number of nitrogens with two attached hydrogens (primary N) is 1. The van der Waals surface area contributed by atoms with Gasteiger partial charge in [0.05, 0.1) is 13.0 Å². The maximum Gasteiger partial charge on any atom is 0.223 e. The smallest absolute Gasteiger partial charge is 0.223 e. The quantitative estimate of drug-likeness (QED) is 0.877. The summed E-state index contributed by atoms with van der Waals surface area (Å²) in [5.74, 6) is 0.0930. The van der Waals surface area contributed by atoms with Crippen molar-refractivity contribution in [2.75, 3.05) is 33.3 Å². The summed E-state index contributed by atoms with van der Waals surface area (Å²) in [6.07, 6.45) is 0. The number of hydrogen-bond acceptors (Lipinski definition) is 4. The molecule has 0 radical (unpaired) electrons. The highest BCUT2D eigenvalue weighted by molar-refractivity contribution is 5.79. The number of rotatable bonds is 4. The van der Waals surface area contributed by atoms with Crippen LogP contribution in [0.2, 0.25) is 0 Å². The van der Waals surface area contributed by atoms with Crippen molar-refractivity contribution in [3.63, 3.8) is 0 Å². The molecule has 1 aromatic carbocycles. The van der Waals surface area contributed by atoms with E-state index in [4.69, 9.17) is 10.5 Å². The molecule has 22 heavy (non-hydrogen) atoms. The Hall–Kier alpha value is -2.08. The second kappa shape index (κ2) is 7.26. The molecule has 1 atom stereocenters. The first-order valence-electron chi connectivity index (χ1n) is 7.40. The lowest BCUT2D eigenvalue weighted by Gasteiger charge is -2.23. The summed E-state index contributed by atoms with van der Waals surface area (Å²) in [4.78, 5) is 27.1. The van der Waals surface area contributed by atoms with Crippen molar-refractivity contribution in [1.29, 1.82) is 0 Å². The zero-order chi connectivity index (χ0) is 16.1. The van der Waals surface area contributed by atoms with E-state index in [1.54, 1.807) is 12.0 Å². The normalized spacial score (nSPS) is 19.5. The largest absolute Gasteiger partial charge is 0.496 e. The van der Waals surface area contributed by atoms with Gasteiger partial charge in [0.25, 0.3) is 0 Å². The maximum absolute atomic E-state index is 11.6. The number of methoxy groups -OCH3 is 1.